The molecule has 0 aromatic rings. The van der Waals surface area contributed by atoms with Gasteiger partial charge in [0.15, 0.2) is 0 Å². The Morgan fingerprint density at radius 1 is 1.50 bits per heavy atom. The zero-order valence-electron chi connectivity index (χ0n) is 7.98. The molecule has 0 spiro atoms. The Morgan fingerprint density at radius 2 is 2.07 bits per heavy atom. The van der Waals surface area contributed by atoms with Crippen molar-refractivity contribution in [2.45, 2.75) is 19.9 Å². The Bertz CT molecular complexity index is 287. The molecule has 0 radical (unpaired) electrons. The van der Waals surface area contributed by atoms with E-state index in [1.165, 1.54) is 0 Å². The average Bonchev–Trinajstić information content (AvgIpc) is 2.29. The van der Waals surface area contributed by atoms with E-state index in [2.05, 4.69) is 0 Å². The molecule has 0 aromatic heterocycles. The number of hydrogen-bond acceptors (Lipinski definition) is 3. The number of carboxylic acids is 1. The molecule has 0 unspecified atom stereocenters. The summed E-state index contributed by atoms with van der Waals surface area (Å²) in [5.74, 6) is -1.78. The SMILES string of the molecule is CC(C)[C@@H](C(=O)O)N1CC(=O)NC1=O. The van der Waals surface area contributed by atoms with Crippen molar-refractivity contribution >= 4 is 17.9 Å². The first-order valence-corrected chi connectivity index (χ1v) is 4.26. The molecule has 1 aliphatic rings. The number of hydrogen-bond donors (Lipinski definition) is 2. The summed E-state index contributed by atoms with van der Waals surface area (Å²) in [5, 5.41) is 10.9. The number of carbonyl (C=O) groups excluding carboxylic acids is 2. The Morgan fingerprint density at radius 3 is 2.36 bits per heavy atom. The normalized spacial score (nSPS) is 18.6. The van der Waals surface area contributed by atoms with Gasteiger partial charge in [0.2, 0.25) is 5.91 Å². The Labute approximate surface area is 80.9 Å². The van der Waals surface area contributed by atoms with Crippen molar-refractivity contribution in [2.75, 3.05) is 6.54 Å². The third-order valence-corrected chi connectivity index (χ3v) is 2.04. The number of carboxylic acid groups (broad SMARTS) is 1. The van der Waals surface area contributed by atoms with Crippen LogP contribution in [-0.4, -0.2) is 40.5 Å². The van der Waals surface area contributed by atoms with Gasteiger partial charge in [-0.05, 0) is 5.92 Å². The van der Waals surface area contributed by atoms with Crippen molar-refractivity contribution in [3.63, 3.8) is 0 Å². The molecule has 6 nitrogen and oxygen atoms in total. The fraction of sp³-hybridized carbons (Fsp3) is 0.625. The summed E-state index contributed by atoms with van der Waals surface area (Å²) < 4.78 is 0. The molecule has 0 aliphatic carbocycles. The highest BCUT2D eigenvalue weighted by molar-refractivity contribution is 6.03. The Kier molecular flexibility index (Phi) is 2.73. The van der Waals surface area contributed by atoms with Gasteiger partial charge in [0.25, 0.3) is 0 Å². The van der Waals surface area contributed by atoms with Crippen LogP contribution in [0.15, 0.2) is 0 Å². The zero-order chi connectivity index (χ0) is 10.9. The van der Waals surface area contributed by atoms with Gasteiger partial charge < -0.3 is 10.0 Å². The minimum Gasteiger partial charge on any atom is -0.480 e. The number of carbonyl (C=O) groups is 3. The number of nitrogens with one attached hydrogen (secondary N) is 1. The highest BCUT2D eigenvalue weighted by Crippen LogP contribution is 2.13. The first-order valence-electron chi connectivity index (χ1n) is 4.26. The molecule has 14 heavy (non-hydrogen) atoms. The Hall–Kier alpha value is -1.59. The second-order valence-corrected chi connectivity index (χ2v) is 3.51. The molecule has 1 heterocycles. The van der Waals surface area contributed by atoms with E-state index in [1.54, 1.807) is 13.8 Å². The maximum Gasteiger partial charge on any atom is 0.326 e. The molecule has 1 fully saturated rings. The van der Waals surface area contributed by atoms with E-state index in [0.29, 0.717) is 0 Å². The van der Waals surface area contributed by atoms with Gasteiger partial charge in [0.05, 0.1) is 0 Å². The molecule has 2 N–H and O–H groups in total. The molecule has 0 saturated carbocycles. The summed E-state index contributed by atoms with van der Waals surface area (Å²) in [7, 11) is 0. The molecule has 1 saturated heterocycles. The summed E-state index contributed by atoms with van der Waals surface area (Å²) in [6, 6.07) is -1.57. The lowest BCUT2D eigenvalue weighted by atomic mass is 10.0. The van der Waals surface area contributed by atoms with Crippen molar-refractivity contribution in [1.29, 1.82) is 0 Å². The molecule has 1 aliphatic heterocycles. The minimum absolute atomic E-state index is 0.173. The van der Waals surface area contributed by atoms with Crippen LogP contribution in [0.25, 0.3) is 0 Å². The standard InChI is InChI=1S/C8H12N2O4/c1-4(2)6(7(12)13)10-3-5(11)9-8(10)14/h4,6H,3H2,1-2H3,(H,12,13)(H,9,11,14)/t6-/m0/s1. The van der Waals surface area contributed by atoms with Gasteiger partial charge in [-0.3, -0.25) is 10.1 Å². The molecule has 0 aromatic carbocycles. The topological polar surface area (TPSA) is 86.7 Å². The maximum atomic E-state index is 11.2. The largest absolute Gasteiger partial charge is 0.480 e. The average molecular weight is 200 g/mol. The number of urea groups is 1. The number of rotatable bonds is 3. The van der Waals surface area contributed by atoms with Gasteiger partial charge >= 0.3 is 12.0 Å². The monoisotopic (exact) mass is 200 g/mol. The molecular formula is C8H12N2O4. The lowest BCUT2D eigenvalue weighted by Gasteiger charge is -2.25. The van der Waals surface area contributed by atoms with Gasteiger partial charge in [-0.25, -0.2) is 9.59 Å². The van der Waals surface area contributed by atoms with E-state index < -0.39 is 23.9 Å². The van der Waals surface area contributed by atoms with Crippen LogP contribution in [-0.2, 0) is 9.59 Å². The van der Waals surface area contributed by atoms with E-state index in [1.807, 2.05) is 5.32 Å². The lowest BCUT2D eigenvalue weighted by Crippen LogP contribution is -2.46. The van der Waals surface area contributed by atoms with E-state index in [9.17, 15) is 14.4 Å². The van der Waals surface area contributed by atoms with Crippen LogP contribution < -0.4 is 5.32 Å². The number of aliphatic carboxylic acids is 1. The summed E-state index contributed by atoms with van der Waals surface area (Å²) in [6.07, 6.45) is 0. The lowest BCUT2D eigenvalue weighted by molar-refractivity contribution is -0.143. The second-order valence-electron chi connectivity index (χ2n) is 3.51. The smallest absolute Gasteiger partial charge is 0.326 e. The van der Waals surface area contributed by atoms with Crippen molar-refractivity contribution in [3.8, 4) is 0 Å². The van der Waals surface area contributed by atoms with Crippen LogP contribution in [0.4, 0.5) is 4.79 Å². The molecule has 78 valence electrons. The molecule has 1 rings (SSSR count). The van der Waals surface area contributed by atoms with Crippen molar-refractivity contribution < 1.29 is 19.5 Å². The predicted octanol–water partition coefficient (Wildman–Crippen LogP) is -0.353. The Balaban J connectivity index is 2.84. The number of nitrogens with zero attached hydrogens (tertiary/aromatic N) is 1. The third-order valence-electron chi connectivity index (χ3n) is 2.04. The van der Waals surface area contributed by atoms with Gasteiger partial charge in [-0.15, -0.1) is 0 Å². The molecular weight excluding hydrogens is 188 g/mol. The summed E-state index contributed by atoms with van der Waals surface area (Å²) in [4.78, 5) is 33.9. The first-order chi connectivity index (χ1) is 6.43. The summed E-state index contributed by atoms with van der Waals surface area (Å²) in [5.41, 5.74) is 0. The number of amides is 3. The highest BCUT2D eigenvalue weighted by Gasteiger charge is 2.38. The van der Waals surface area contributed by atoms with E-state index in [0.717, 1.165) is 4.90 Å². The maximum absolute atomic E-state index is 11.2. The van der Waals surface area contributed by atoms with Crippen LogP contribution >= 0.6 is 0 Å². The van der Waals surface area contributed by atoms with Crippen LogP contribution in [0, 0.1) is 5.92 Å². The highest BCUT2D eigenvalue weighted by atomic mass is 16.4. The third kappa shape index (κ3) is 1.84. The minimum atomic E-state index is -1.09. The molecule has 0 bridgehead atoms. The van der Waals surface area contributed by atoms with E-state index >= 15 is 0 Å². The second kappa shape index (κ2) is 3.65. The van der Waals surface area contributed by atoms with Crippen LogP contribution in [0.2, 0.25) is 0 Å². The van der Waals surface area contributed by atoms with Crippen LogP contribution in [0.1, 0.15) is 13.8 Å². The summed E-state index contributed by atoms with van der Waals surface area (Å²) >= 11 is 0. The van der Waals surface area contributed by atoms with Crippen molar-refractivity contribution in [3.05, 3.63) is 0 Å². The fourth-order valence-electron chi connectivity index (χ4n) is 1.46. The quantitative estimate of drug-likeness (QED) is 0.609. The van der Waals surface area contributed by atoms with Crippen molar-refractivity contribution in [2.24, 2.45) is 5.92 Å². The molecule has 3 amide bonds. The van der Waals surface area contributed by atoms with Gasteiger partial charge in [0.1, 0.15) is 12.6 Å². The predicted molar refractivity (Wildman–Crippen MR) is 46.5 cm³/mol. The summed E-state index contributed by atoms with van der Waals surface area (Å²) in [6.45, 7) is 3.21. The molecule has 1 atom stereocenters. The molecule has 6 heteroatoms. The van der Waals surface area contributed by atoms with Gasteiger partial charge in [0, 0.05) is 0 Å². The van der Waals surface area contributed by atoms with Crippen LogP contribution in [0.3, 0.4) is 0 Å². The van der Waals surface area contributed by atoms with E-state index in [-0.39, 0.29) is 12.5 Å². The number of imide groups is 1. The zero-order valence-corrected chi connectivity index (χ0v) is 7.98. The van der Waals surface area contributed by atoms with Crippen LogP contribution in [0.5, 0.6) is 0 Å². The fourth-order valence-corrected chi connectivity index (χ4v) is 1.46. The van der Waals surface area contributed by atoms with E-state index in [4.69, 9.17) is 5.11 Å². The van der Waals surface area contributed by atoms with Crippen molar-refractivity contribution in [1.82, 2.24) is 10.2 Å². The first kappa shape index (κ1) is 10.5. The van der Waals surface area contributed by atoms with Gasteiger partial charge in [-0.2, -0.15) is 0 Å². The van der Waals surface area contributed by atoms with Gasteiger partial charge in [-0.1, -0.05) is 13.8 Å².